The summed E-state index contributed by atoms with van der Waals surface area (Å²) in [6, 6.07) is 0. The van der Waals surface area contributed by atoms with Crippen LogP contribution in [0.3, 0.4) is 0 Å². The fourth-order valence-electron chi connectivity index (χ4n) is 0.967. The summed E-state index contributed by atoms with van der Waals surface area (Å²) in [6.45, 7) is 4.31. The van der Waals surface area contributed by atoms with Crippen LogP contribution in [0.15, 0.2) is 12.3 Å². The third-order valence-electron chi connectivity index (χ3n) is 1.46. The van der Waals surface area contributed by atoms with Crippen molar-refractivity contribution in [2.75, 3.05) is 12.3 Å². The van der Waals surface area contributed by atoms with Gasteiger partial charge in [0.25, 0.3) is 0 Å². The summed E-state index contributed by atoms with van der Waals surface area (Å²) >= 11 is 1.60. The van der Waals surface area contributed by atoms with Crippen molar-refractivity contribution in [2.24, 2.45) is 5.73 Å². The average molecular weight is 172 g/mol. The summed E-state index contributed by atoms with van der Waals surface area (Å²) in [5.41, 5.74) is 6.14. The van der Waals surface area contributed by atoms with Gasteiger partial charge in [-0.15, -0.1) is 11.8 Å². The molecule has 0 aliphatic carbocycles. The van der Waals surface area contributed by atoms with Gasteiger partial charge in [-0.05, 0) is 0 Å². The zero-order valence-corrected chi connectivity index (χ0v) is 7.12. The number of nitrogens with two attached hydrogens (primary N) is 1. The normalized spacial score (nSPS) is 23.9. The van der Waals surface area contributed by atoms with Crippen LogP contribution in [0.25, 0.3) is 0 Å². The lowest BCUT2D eigenvalue weighted by atomic mass is 10.3. The number of thioether (sulfide) groups is 1. The van der Waals surface area contributed by atoms with Crippen LogP contribution in [-0.2, 0) is 4.79 Å². The molecule has 0 bridgehead atoms. The summed E-state index contributed by atoms with van der Waals surface area (Å²) in [4.78, 5) is 11.1. The number of amides is 1. The lowest BCUT2D eigenvalue weighted by Crippen LogP contribution is -2.21. The molecular formula is C7H12N2OS. The predicted molar refractivity (Wildman–Crippen MR) is 47.2 cm³/mol. The molecule has 1 heterocycles. The minimum absolute atomic E-state index is 0.0473. The van der Waals surface area contributed by atoms with Crippen LogP contribution in [0.4, 0.5) is 0 Å². The highest BCUT2D eigenvalue weighted by atomic mass is 32.2. The van der Waals surface area contributed by atoms with Gasteiger partial charge in [-0.2, -0.15) is 0 Å². The third kappa shape index (κ3) is 2.24. The molecule has 1 rings (SSSR count). The fourth-order valence-corrected chi connectivity index (χ4v) is 1.92. The standard InChI is InChI=1S/C7H12N2OS/c1-5-4-6(7(10)9-5)11-3-2-8/h6H,1-4,8H2,(H,9,10). The van der Waals surface area contributed by atoms with Crippen molar-refractivity contribution in [3.05, 3.63) is 12.3 Å². The minimum atomic E-state index is 0.0473. The fraction of sp³-hybridized carbons (Fsp3) is 0.571. The summed E-state index contributed by atoms with van der Waals surface area (Å²) in [5.74, 6) is 0.916. The van der Waals surface area contributed by atoms with E-state index in [1.807, 2.05) is 0 Å². The van der Waals surface area contributed by atoms with Crippen molar-refractivity contribution >= 4 is 17.7 Å². The van der Waals surface area contributed by atoms with E-state index in [1.54, 1.807) is 11.8 Å². The molecule has 4 heteroatoms. The van der Waals surface area contributed by atoms with Crippen LogP contribution in [0.2, 0.25) is 0 Å². The van der Waals surface area contributed by atoms with Crippen molar-refractivity contribution in [1.82, 2.24) is 5.32 Å². The molecule has 3 N–H and O–H groups in total. The van der Waals surface area contributed by atoms with Gasteiger partial charge in [0.05, 0.1) is 5.25 Å². The molecule has 1 aliphatic heterocycles. The highest BCUT2D eigenvalue weighted by molar-refractivity contribution is 8.00. The highest BCUT2D eigenvalue weighted by Gasteiger charge is 2.26. The SMILES string of the molecule is C=C1CC(SCCN)C(=O)N1. The van der Waals surface area contributed by atoms with Gasteiger partial charge in [-0.25, -0.2) is 0 Å². The molecule has 0 spiro atoms. The summed E-state index contributed by atoms with van der Waals surface area (Å²) in [7, 11) is 0. The number of hydrogen-bond donors (Lipinski definition) is 2. The van der Waals surface area contributed by atoms with Crippen molar-refractivity contribution < 1.29 is 4.79 Å². The van der Waals surface area contributed by atoms with Crippen molar-refractivity contribution in [3.8, 4) is 0 Å². The van der Waals surface area contributed by atoms with Gasteiger partial charge in [0, 0.05) is 24.4 Å². The van der Waals surface area contributed by atoms with E-state index in [1.165, 1.54) is 0 Å². The van der Waals surface area contributed by atoms with E-state index in [9.17, 15) is 4.79 Å². The molecule has 0 aromatic heterocycles. The quantitative estimate of drug-likeness (QED) is 0.634. The Bertz CT molecular complexity index is 181. The first-order valence-corrected chi connectivity index (χ1v) is 4.59. The van der Waals surface area contributed by atoms with Crippen LogP contribution in [0.1, 0.15) is 6.42 Å². The maximum absolute atomic E-state index is 11.1. The summed E-state index contributed by atoms with van der Waals surface area (Å²) < 4.78 is 0. The first-order chi connectivity index (χ1) is 5.24. The van der Waals surface area contributed by atoms with Crippen LogP contribution in [-0.4, -0.2) is 23.5 Å². The zero-order chi connectivity index (χ0) is 8.27. The Morgan fingerprint density at radius 3 is 3.00 bits per heavy atom. The van der Waals surface area contributed by atoms with E-state index in [4.69, 9.17) is 5.73 Å². The largest absolute Gasteiger partial charge is 0.330 e. The average Bonchev–Trinajstić information content (AvgIpc) is 2.26. The molecule has 0 radical (unpaired) electrons. The Hall–Kier alpha value is -0.480. The monoisotopic (exact) mass is 172 g/mol. The third-order valence-corrected chi connectivity index (χ3v) is 2.72. The van der Waals surface area contributed by atoms with Gasteiger partial charge < -0.3 is 11.1 Å². The van der Waals surface area contributed by atoms with E-state index >= 15 is 0 Å². The number of carbonyl (C=O) groups is 1. The van der Waals surface area contributed by atoms with Crippen molar-refractivity contribution in [3.63, 3.8) is 0 Å². The van der Waals surface area contributed by atoms with Crippen LogP contribution in [0.5, 0.6) is 0 Å². The van der Waals surface area contributed by atoms with Crippen molar-refractivity contribution in [2.45, 2.75) is 11.7 Å². The van der Waals surface area contributed by atoms with Gasteiger partial charge in [-0.3, -0.25) is 4.79 Å². The molecule has 62 valence electrons. The molecule has 1 atom stereocenters. The second-order valence-electron chi connectivity index (χ2n) is 2.45. The molecular weight excluding hydrogens is 160 g/mol. The molecule has 1 saturated heterocycles. The molecule has 1 amide bonds. The van der Waals surface area contributed by atoms with Crippen molar-refractivity contribution in [1.29, 1.82) is 0 Å². The maximum Gasteiger partial charge on any atom is 0.237 e. The summed E-state index contributed by atoms with van der Waals surface area (Å²) in [6.07, 6.45) is 0.753. The number of rotatable bonds is 3. The second kappa shape index (κ2) is 3.78. The van der Waals surface area contributed by atoms with Gasteiger partial charge in [0.15, 0.2) is 0 Å². The molecule has 1 fully saturated rings. The summed E-state index contributed by atoms with van der Waals surface area (Å²) in [5, 5.41) is 2.73. The van der Waals surface area contributed by atoms with E-state index in [0.717, 1.165) is 17.9 Å². The predicted octanol–water partition coefficient (Wildman–Crippen LogP) is 0.0805. The first-order valence-electron chi connectivity index (χ1n) is 3.54. The highest BCUT2D eigenvalue weighted by Crippen LogP contribution is 2.22. The number of carbonyl (C=O) groups excluding carboxylic acids is 1. The molecule has 11 heavy (non-hydrogen) atoms. The second-order valence-corrected chi connectivity index (χ2v) is 3.76. The molecule has 0 aromatic rings. The Morgan fingerprint density at radius 2 is 2.55 bits per heavy atom. The zero-order valence-electron chi connectivity index (χ0n) is 6.30. The molecule has 0 aromatic carbocycles. The van der Waals surface area contributed by atoms with E-state index < -0.39 is 0 Å². The lowest BCUT2D eigenvalue weighted by Gasteiger charge is -2.02. The minimum Gasteiger partial charge on any atom is -0.330 e. The topological polar surface area (TPSA) is 55.1 Å². The first kappa shape index (κ1) is 8.62. The maximum atomic E-state index is 11.1. The van der Waals surface area contributed by atoms with E-state index in [2.05, 4.69) is 11.9 Å². The Morgan fingerprint density at radius 1 is 1.82 bits per heavy atom. The van der Waals surface area contributed by atoms with Crippen LogP contribution < -0.4 is 11.1 Å². The molecule has 0 saturated carbocycles. The Labute approximate surface area is 70.4 Å². The Kier molecular flexibility index (Phi) is 2.96. The number of allylic oxidation sites excluding steroid dienone is 1. The van der Waals surface area contributed by atoms with Gasteiger partial charge in [-0.1, -0.05) is 6.58 Å². The number of nitrogens with one attached hydrogen (secondary N) is 1. The van der Waals surface area contributed by atoms with Crippen LogP contribution >= 0.6 is 11.8 Å². The van der Waals surface area contributed by atoms with Gasteiger partial charge in [0.1, 0.15) is 0 Å². The lowest BCUT2D eigenvalue weighted by molar-refractivity contribution is -0.118. The molecule has 1 aliphatic rings. The van der Waals surface area contributed by atoms with E-state index in [0.29, 0.717) is 6.54 Å². The smallest absolute Gasteiger partial charge is 0.237 e. The molecule has 1 unspecified atom stereocenters. The van der Waals surface area contributed by atoms with Gasteiger partial charge >= 0.3 is 0 Å². The molecule has 3 nitrogen and oxygen atoms in total. The Balaban J connectivity index is 2.34. The van der Waals surface area contributed by atoms with Gasteiger partial charge in [0.2, 0.25) is 5.91 Å². The van der Waals surface area contributed by atoms with E-state index in [-0.39, 0.29) is 11.2 Å². The number of hydrogen-bond acceptors (Lipinski definition) is 3. The van der Waals surface area contributed by atoms with Crippen LogP contribution in [0, 0.1) is 0 Å².